The Kier molecular flexibility index (Phi) is 10.8. The quantitative estimate of drug-likeness (QED) is 0.210. The standard InChI is InChI=1S/C37H37N3O8S2/c1-4-27-9-16-33(17-10-27)50(47,48)39-21-19-30(20-22-39)29-11-7-28(8-12-29)24-40(31-13-18-34(37(43)44)35(41)23-31)36(42)25-38(3)49(45,46)32-14-5-26(2)6-15-32/h1,5-18,23,30,41H,19-22,24-25H2,2-3H3,(H,43,44). The number of aryl methyl sites for hydroxylation is 1. The number of piperidine rings is 1. The number of carbonyl (C=O) groups excluding carboxylic acids is 1. The molecule has 1 aliphatic rings. The summed E-state index contributed by atoms with van der Waals surface area (Å²) in [6, 6.07) is 23.8. The first-order valence-corrected chi connectivity index (χ1v) is 18.6. The van der Waals surface area contributed by atoms with E-state index in [0.29, 0.717) is 37.1 Å². The van der Waals surface area contributed by atoms with Crippen molar-refractivity contribution < 1.29 is 36.6 Å². The van der Waals surface area contributed by atoms with Crippen molar-refractivity contribution in [3.8, 4) is 18.1 Å². The third-order valence-electron chi connectivity index (χ3n) is 8.82. The number of amides is 1. The van der Waals surface area contributed by atoms with Crippen molar-refractivity contribution in [3.05, 3.63) is 119 Å². The fraction of sp³-hybridized carbons (Fsp3) is 0.243. The Morgan fingerprint density at radius 3 is 2.04 bits per heavy atom. The number of hydrogen-bond donors (Lipinski definition) is 2. The molecule has 0 bridgehead atoms. The minimum Gasteiger partial charge on any atom is -0.507 e. The van der Waals surface area contributed by atoms with E-state index in [0.717, 1.165) is 21.5 Å². The van der Waals surface area contributed by atoms with Gasteiger partial charge in [0.25, 0.3) is 0 Å². The number of nitrogens with zero attached hydrogens (tertiary/aromatic N) is 3. The number of likely N-dealkylation sites (N-methyl/N-ethyl adjacent to an activating group) is 1. The molecule has 0 spiro atoms. The van der Waals surface area contributed by atoms with E-state index in [1.54, 1.807) is 24.3 Å². The van der Waals surface area contributed by atoms with Crippen LogP contribution in [0.25, 0.3) is 0 Å². The third kappa shape index (κ3) is 7.90. The maximum atomic E-state index is 13.7. The van der Waals surface area contributed by atoms with Gasteiger partial charge in [-0.25, -0.2) is 21.6 Å². The molecule has 0 radical (unpaired) electrons. The van der Waals surface area contributed by atoms with Crippen LogP contribution >= 0.6 is 0 Å². The highest BCUT2D eigenvalue weighted by Gasteiger charge is 2.31. The third-order valence-corrected chi connectivity index (χ3v) is 12.5. The van der Waals surface area contributed by atoms with Crippen molar-refractivity contribution in [1.29, 1.82) is 0 Å². The number of terminal acetylenes is 1. The first-order valence-electron chi connectivity index (χ1n) is 15.8. The number of aromatic carboxylic acids is 1. The number of carbonyl (C=O) groups is 2. The van der Waals surface area contributed by atoms with Crippen LogP contribution in [0.5, 0.6) is 5.75 Å². The molecule has 0 aromatic heterocycles. The summed E-state index contributed by atoms with van der Waals surface area (Å²) in [6.45, 7) is 2.01. The minimum absolute atomic E-state index is 0.00144. The van der Waals surface area contributed by atoms with E-state index in [2.05, 4.69) is 5.92 Å². The predicted octanol–water partition coefficient (Wildman–Crippen LogP) is 4.80. The van der Waals surface area contributed by atoms with Gasteiger partial charge in [-0.15, -0.1) is 6.42 Å². The molecule has 0 unspecified atom stereocenters. The molecule has 1 aliphatic heterocycles. The van der Waals surface area contributed by atoms with E-state index in [4.69, 9.17) is 6.42 Å². The Morgan fingerprint density at radius 1 is 0.880 bits per heavy atom. The second-order valence-electron chi connectivity index (χ2n) is 12.1. The molecule has 0 aliphatic carbocycles. The summed E-state index contributed by atoms with van der Waals surface area (Å²) in [7, 11) is -6.36. The number of carboxylic acid groups (broad SMARTS) is 1. The molecular weight excluding hydrogens is 679 g/mol. The molecule has 1 amide bonds. The van der Waals surface area contributed by atoms with Crippen molar-refractivity contribution in [2.24, 2.45) is 0 Å². The van der Waals surface area contributed by atoms with Gasteiger partial charge < -0.3 is 15.1 Å². The van der Waals surface area contributed by atoms with Gasteiger partial charge in [-0.2, -0.15) is 8.61 Å². The van der Waals surface area contributed by atoms with Gasteiger partial charge in [-0.3, -0.25) is 4.79 Å². The van der Waals surface area contributed by atoms with Crippen molar-refractivity contribution >= 4 is 37.6 Å². The lowest BCUT2D eigenvalue weighted by Crippen LogP contribution is -2.41. The van der Waals surface area contributed by atoms with Gasteiger partial charge in [0.2, 0.25) is 26.0 Å². The highest BCUT2D eigenvalue weighted by atomic mass is 32.2. The van der Waals surface area contributed by atoms with Gasteiger partial charge in [-0.1, -0.05) is 47.9 Å². The molecule has 50 heavy (non-hydrogen) atoms. The van der Waals surface area contributed by atoms with Gasteiger partial charge in [0.15, 0.2) is 0 Å². The predicted molar refractivity (Wildman–Crippen MR) is 189 cm³/mol. The van der Waals surface area contributed by atoms with E-state index in [1.807, 2.05) is 31.2 Å². The molecule has 4 aromatic rings. The smallest absolute Gasteiger partial charge is 0.339 e. The number of rotatable bonds is 11. The van der Waals surface area contributed by atoms with Crippen LogP contribution in [0.4, 0.5) is 5.69 Å². The van der Waals surface area contributed by atoms with E-state index in [-0.39, 0.29) is 33.5 Å². The number of hydrogen-bond acceptors (Lipinski definition) is 7. The Labute approximate surface area is 292 Å². The topological polar surface area (TPSA) is 153 Å². The summed E-state index contributed by atoms with van der Waals surface area (Å²) in [5.41, 5.74) is 3.03. The number of carboxylic acids is 1. The average Bonchev–Trinajstić information content (AvgIpc) is 3.10. The van der Waals surface area contributed by atoms with Crippen LogP contribution in [0.1, 0.15) is 51.4 Å². The molecule has 1 fully saturated rings. The maximum Gasteiger partial charge on any atom is 0.339 e. The Bertz CT molecular complexity index is 2140. The first kappa shape index (κ1) is 36.3. The second-order valence-corrected chi connectivity index (χ2v) is 16.1. The molecule has 0 saturated carbocycles. The summed E-state index contributed by atoms with van der Waals surface area (Å²) < 4.78 is 55.3. The normalized spacial score (nSPS) is 14.3. The van der Waals surface area contributed by atoms with E-state index < -0.39 is 44.2 Å². The lowest BCUT2D eigenvalue weighted by Gasteiger charge is -2.31. The molecule has 260 valence electrons. The number of anilines is 1. The zero-order valence-corrected chi connectivity index (χ0v) is 29.2. The molecular formula is C37H37N3O8S2. The first-order chi connectivity index (χ1) is 23.7. The molecule has 11 nitrogen and oxygen atoms in total. The van der Waals surface area contributed by atoms with E-state index in [1.165, 1.54) is 52.7 Å². The molecule has 2 N–H and O–H groups in total. The number of benzene rings is 4. The van der Waals surface area contributed by atoms with E-state index >= 15 is 0 Å². The number of phenols is 1. The van der Waals surface area contributed by atoms with Crippen molar-refractivity contribution in [3.63, 3.8) is 0 Å². The highest BCUT2D eigenvalue weighted by Crippen LogP contribution is 2.32. The average molecular weight is 716 g/mol. The van der Waals surface area contributed by atoms with Crippen LogP contribution in [0.15, 0.2) is 101 Å². The number of sulfonamides is 2. The molecule has 1 saturated heterocycles. The van der Waals surface area contributed by atoms with Crippen LogP contribution in [0, 0.1) is 19.3 Å². The minimum atomic E-state index is -4.01. The van der Waals surface area contributed by atoms with Crippen LogP contribution in [0.2, 0.25) is 0 Å². The summed E-state index contributed by atoms with van der Waals surface area (Å²) in [5.74, 6) is 0.114. The van der Waals surface area contributed by atoms with E-state index in [9.17, 15) is 36.6 Å². The number of aromatic hydroxyl groups is 1. The maximum absolute atomic E-state index is 13.7. The molecule has 5 rings (SSSR count). The monoisotopic (exact) mass is 715 g/mol. The summed E-state index contributed by atoms with van der Waals surface area (Å²) in [5, 5.41) is 19.8. The van der Waals surface area contributed by atoms with Gasteiger partial charge >= 0.3 is 5.97 Å². The van der Waals surface area contributed by atoms with Crippen molar-refractivity contribution in [2.75, 3.05) is 31.6 Å². The molecule has 1 heterocycles. The van der Waals surface area contributed by atoms with Crippen LogP contribution in [-0.2, 0) is 31.4 Å². The Morgan fingerprint density at radius 2 is 1.48 bits per heavy atom. The van der Waals surface area contributed by atoms with Crippen LogP contribution in [0.3, 0.4) is 0 Å². The largest absolute Gasteiger partial charge is 0.507 e. The van der Waals surface area contributed by atoms with Gasteiger partial charge in [0.1, 0.15) is 11.3 Å². The molecule has 13 heteroatoms. The lowest BCUT2D eigenvalue weighted by molar-refractivity contribution is -0.118. The zero-order chi connectivity index (χ0) is 36.2. The van der Waals surface area contributed by atoms with Gasteiger partial charge in [-0.05, 0) is 85.3 Å². The fourth-order valence-corrected chi connectivity index (χ4v) is 8.41. The molecule has 4 aromatic carbocycles. The summed E-state index contributed by atoms with van der Waals surface area (Å²) in [4.78, 5) is 26.8. The second kappa shape index (κ2) is 14.9. The van der Waals surface area contributed by atoms with Crippen molar-refractivity contribution in [1.82, 2.24) is 8.61 Å². The highest BCUT2D eigenvalue weighted by molar-refractivity contribution is 7.89. The molecule has 0 atom stereocenters. The van der Waals surface area contributed by atoms with Crippen LogP contribution in [-0.4, -0.2) is 74.2 Å². The van der Waals surface area contributed by atoms with Crippen LogP contribution < -0.4 is 4.90 Å². The fourth-order valence-electron chi connectivity index (χ4n) is 5.82. The zero-order valence-electron chi connectivity index (χ0n) is 27.6. The summed E-state index contributed by atoms with van der Waals surface area (Å²) >= 11 is 0. The van der Waals surface area contributed by atoms with Crippen molar-refractivity contribution in [2.45, 2.75) is 42.0 Å². The Hall–Kier alpha value is -5.00. The summed E-state index contributed by atoms with van der Waals surface area (Å²) in [6.07, 6.45) is 6.62. The van der Waals surface area contributed by atoms with Gasteiger partial charge in [0, 0.05) is 37.5 Å². The SMILES string of the molecule is C#Cc1ccc(S(=O)(=O)N2CCC(c3ccc(CN(C(=O)CN(C)S(=O)(=O)c4ccc(C)cc4)c4ccc(C(=O)O)c(O)c4)cc3)CC2)cc1. The Balaban J connectivity index is 1.31. The van der Waals surface area contributed by atoms with Gasteiger partial charge in [0.05, 0.1) is 22.9 Å². The lowest BCUT2D eigenvalue weighted by atomic mass is 9.90.